The van der Waals surface area contributed by atoms with Gasteiger partial charge in [0.2, 0.25) is 0 Å². The highest BCUT2D eigenvalue weighted by molar-refractivity contribution is 5.40. The smallest absolute Gasteiger partial charge is 0.0896 e. The van der Waals surface area contributed by atoms with Gasteiger partial charge in [0.15, 0.2) is 0 Å². The van der Waals surface area contributed by atoms with Gasteiger partial charge < -0.3 is 10.8 Å². The minimum Gasteiger partial charge on any atom is -0.399 e. The Morgan fingerprint density at radius 3 is 2.14 bits per heavy atom. The van der Waals surface area contributed by atoms with Crippen molar-refractivity contribution in [1.29, 1.82) is 0 Å². The van der Waals surface area contributed by atoms with Crippen LogP contribution in [0.25, 0.3) is 0 Å². The first-order valence-corrected chi connectivity index (χ1v) is 5.29. The molecule has 2 nitrogen and oxygen atoms in total. The predicted octanol–water partition coefficient (Wildman–Crippen LogP) is 2.42. The van der Waals surface area contributed by atoms with E-state index in [0.29, 0.717) is 0 Å². The molecule has 1 aliphatic rings. The van der Waals surface area contributed by atoms with Crippen LogP contribution in [0.5, 0.6) is 0 Å². The zero-order chi connectivity index (χ0) is 10.0. The molecule has 0 aliphatic heterocycles. The van der Waals surface area contributed by atoms with Crippen LogP contribution in [0.4, 0.5) is 5.69 Å². The molecule has 1 aromatic carbocycles. The molecule has 0 radical (unpaired) electrons. The normalized spacial score (nSPS) is 20.6. The first-order chi connectivity index (χ1) is 6.71. The fourth-order valence-corrected chi connectivity index (χ4v) is 2.22. The third-order valence-electron chi connectivity index (χ3n) is 3.13. The number of benzene rings is 1. The van der Waals surface area contributed by atoms with Crippen LogP contribution < -0.4 is 5.73 Å². The summed E-state index contributed by atoms with van der Waals surface area (Å²) in [6, 6.07) is 7.62. The highest BCUT2D eigenvalue weighted by Gasteiger charge is 2.30. The lowest BCUT2D eigenvalue weighted by Crippen LogP contribution is -2.28. The summed E-state index contributed by atoms with van der Waals surface area (Å²) in [5.41, 5.74) is 6.80. The third-order valence-corrected chi connectivity index (χ3v) is 3.13. The van der Waals surface area contributed by atoms with E-state index >= 15 is 0 Å². The lowest BCUT2D eigenvalue weighted by molar-refractivity contribution is -0.000607. The van der Waals surface area contributed by atoms with Crippen molar-refractivity contribution in [3.8, 4) is 0 Å². The Bertz CT molecular complexity index is 299. The quantitative estimate of drug-likeness (QED) is 0.670. The summed E-state index contributed by atoms with van der Waals surface area (Å²) >= 11 is 0. The molecule has 0 aromatic heterocycles. The Morgan fingerprint density at radius 2 is 1.57 bits per heavy atom. The molecular weight excluding hydrogens is 174 g/mol. The minimum absolute atomic E-state index is 0.591. The Balaban J connectivity index is 2.23. The molecule has 76 valence electrons. The second kappa shape index (κ2) is 3.62. The maximum atomic E-state index is 10.4. The second-order valence-electron chi connectivity index (χ2n) is 4.21. The summed E-state index contributed by atoms with van der Waals surface area (Å²) in [5.74, 6) is 0. The van der Waals surface area contributed by atoms with Crippen LogP contribution >= 0.6 is 0 Å². The summed E-state index contributed by atoms with van der Waals surface area (Å²) in [5, 5.41) is 10.4. The van der Waals surface area contributed by atoms with Gasteiger partial charge in [-0.15, -0.1) is 0 Å². The van der Waals surface area contributed by atoms with Gasteiger partial charge in [0.05, 0.1) is 5.60 Å². The summed E-state index contributed by atoms with van der Waals surface area (Å²) in [6.45, 7) is 0. The molecular formula is C12H17NO. The van der Waals surface area contributed by atoms with Crippen LogP contribution in [0.1, 0.15) is 37.7 Å². The number of nitrogen functional groups attached to an aromatic ring is 1. The maximum Gasteiger partial charge on any atom is 0.0896 e. The van der Waals surface area contributed by atoms with E-state index in [0.717, 1.165) is 36.9 Å². The number of hydrogen-bond acceptors (Lipinski definition) is 2. The Morgan fingerprint density at radius 1 is 1.00 bits per heavy atom. The van der Waals surface area contributed by atoms with Crippen molar-refractivity contribution in [1.82, 2.24) is 0 Å². The van der Waals surface area contributed by atoms with E-state index in [1.54, 1.807) is 0 Å². The van der Waals surface area contributed by atoms with Crippen LogP contribution in [-0.2, 0) is 5.60 Å². The monoisotopic (exact) mass is 191 g/mol. The average Bonchev–Trinajstić information content (AvgIpc) is 2.19. The Labute approximate surface area is 84.7 Å². The highest BCUT2D eigenvalue weighted by Crippen LogP contribution is 2.36. The molecule has 0 atom stereocenters. The molecule has 14 heavy (non-hydrogen) atoms. The number of anilines is 1. The first-order valence-electron chi connectivity index (χ1n) is 5.29. The number of rotatable bonds is 1. The van der Waals surface area contributed by atoms with Crippen LogP contribution in [0.3, 0.4) is 0 Å². The summed E-state index contributed by atoms with van der Waals surface area (Å²) in [6.07, 6.45) is 5.27. The lowest BCUT2D eigenvalue weighted by atomic mass is 9.80. The van der Waals surface area contributed by atoms with Crippen molar-refractivity contribution in [3.05, 3.63) is 29.8 Å². The molecule has 0 saturated heterocycles. The van der Waals surface area contributed by atoms with Gasteiger partial charge in [-0.2, -0.15) is 0 Å². The van der Waals surface area contributed by atoms with Gasteiger partial charge in [0.25, 0.3) is 0 Å². The number of hydrogen-bond donors (Lipinski definition) is 2. The predicted molar refractivity (Wildman–Crippen MR) is 57.8 cm³/mol. The Hall–Kier alpha value is -1.02. The molecule has 0 spiro atoms. The van der Waals surface area contributed by atoms with E-state index < -0.39 is 5.60 Å². The molecule has 0 bridgehead atoms. The summed E-state index contributed by atoms with van der Waals surface area (Å²) < 4.78 is 0. The van der Waals surface area contributed by atoms with Gasteiger partial charge >= 0.3 is 0 Å². The standard InChI is InChI=1S/C12H17NO/c13-11-6-4-10(5-7-11)12(14)8-2-1-3-9-12/h4-7,14H,1-3,8-9,13H2. The van der Waals surface area contributed by atoms with E-state index in [4.69, 9.17) is 5.73 Å². The number of aliphatic hydroxyl groups is 1. The molecule has 0 unspecified atom stereocenters. The molecule has 1 aromatic rings. The van der Waals surface area contributed by atoms with Crippen molar-refractivity contribution in [2.45, 2.75) is 37.7 Å². The van der Waals surface area contributed by atoms with Crippen LogP contribution in [0.2, 0.25) is 0 Å². The zero-order valence-electron chi connectivity index (χ0n) is 8.37. The number of nitrogens with two attached hydrogens (primary N) is 1. The maximum absolute atomic E-state index is 10.4. The summed E-state index contributed by atoms with van der Waals surface area (Å²) in [4.78, 5) is 0. The summed E-state index contributed by atoms with van der Waals surface area (Å²) in [7, 11) is 0. The van der Waals surface area contributed by atoms with Gasteiger partial charge in [0.1, 0.15) is 0 Å². The van der Waals surface area contributed by atoms with E-state index in [1.807, 2.05) is 24.3 Å². The molecule has 2 rings (SSSR count). The minimum atomic E-state index is -0.591. The lowest BCUT2D eigenvalue weighted by Gasteiger charge is -2.32. The van der Waals surface area contributed by atoms with Crippen molar-refractivity contribution in [3.63, 3.8) is 0 Å². The van der Waals surface area contributed by atoms with Crippen molar-refractivity contribution in [2.75, 3.05) is 5.73 Å². The average molecular weight is 191 g/mol. The van der Waals surface area contributed by atoms with Gasteiger partial charge in [-0.1, -0.05) is 31.4 Å². The van der Waals surface area contributed by atoms with Crippen LogP contribution in [0.15, 0.2) is 24.3 Å². The zero-order valence-corrected chi connectivity index (χ0v) is 8.37. The first kappa shape index (κ1) is 9.53. The van der Waals surface area contributed by atoms with E-state index in [-0.39, 0.29) is 0 Å². The van der Waals surface area contributed by atoms with E-state index in [1.165, 1.54) is 6.42 Å². The van der Waals surface area contributed by atoms with Gasteiger partial charge in [-0.05, 0) is 30.5 Å². The fraction of sp³-hybridized carbons (Fsp3) is 0.500. The van der Waals surface area contributed by atoms with E-state index in [2.05, 4.69) is 0 Å². The third kappa shape index (κ3) is 1.75. The van der Waals surface area contributed by atoms with Gasteiger partial charge in [-0.25, -0.2) is 0 Å². The second-order valence-corrected chi connectivity index (χ2v) is 4.21. The van der Waals surface area contributed by atoms with Crippen molar-refractivity contribution in [2.24, 2.45) is 0 Å². The molecule has 1 saturated carbocycles. The molecule has 1 fully saturated rings. The van der Waals surface area contributed by atoms with Crippen LogP contribution in [-0.4, -0.2) is 5.11 Å². The van der Waals surface area contributed by atoms with Crippen LogP contribution in [0, 0.1) is 0 Å². The van der Waals surface area contributed by atoms with Gasteiger partial charge in [-0.3, -0.25) is 0 Å². The van der Waals surface area contributed by atoms with Gasteiger partial charge in [0, 0.05) is 5.69 Å². The van der Waals surface area contributed by atoms with Crippen molar-refractivity contribution < 1.29 is 5.11 Å². The Kier molecular flexibility index (Phi) is 2.46. The topological polar surface area (TPSA) is 46.2 Å². The molecule has 2 heteroatoms. The molecule has 1 aliphatic carbocycles. The van der Waals surface area contributed by atoms with E-state index in [9.17, 15) is 5.11 Å². The highest BCUT2D eigenvalue weighted by atomic mass is 16.3. The molecule has 0 heterocycles. The molecule has 0 amide bonds. The fourth-order valence-electron chi connectivity index (χ4n) is 2.22. The molecule has 3 N–H and O–H groups in total. The SMILES string of the molecule is Nc1ccc(C2(O)CCCCC2)cc1. The largest absolute Gasteiger partial charge is 0.399 e. The van der Waals surface area contributed by atoms with Crippen molar-refractivity contribution >= 4 is 5.69 Å².